The van der Waals surface area contributed by atoms with Gasteiger partial charge in [0.25, 0.3) is 0 Å². The Hall–Kier alpha value is -1.16. The Labute approximate surface area is 119 Å². The number of nitrogens with zero attached hydrogens (tertiary/aromatic N) is 1. The number of anilines is 1. The van der Waals surface area contributed by atoms with Crippen LogP contribution in [0.2, 0.25) is 0 Å². The van der Waals surface area contributed by atoms with Gasteiger partial charge in [0, 0.05) is 23.6 Å². The van der Waals surface area contributed by atoms with Gasteiger partial charge in [0.1, 0.15) is 5.75 Å². The fraction of sp³-hybridized carbons (Fsp3) is 0.533. The van der Waals surface area contributed by atoms with E-state index < -0.39 is 0 Å². The van der Waals surface area contributed by atoms with Crippen molar-refractivity contribution in [3.63, 3.8) is 0 Å². The van der Waals surface area contributed by atoms with Gasteiger partial charge in [0.15, 0.2) is 5.78 Å². The van der Waals surface area contributed by atoms with Crippen molar-refractivity contribution >= 4 is 23.2 Å². The molecule has 1 aromatic rings. The van der Waals surface area contributed by atoms with Crippen LogP contribution < -0.4 is 9.64 Å². The predicted molar refractivity (Wildman–Crippen MR) is 81.7 cm³/mol. The monoisotopic (exact) mass is 279 g/mol. The molecule has 1 saturated heterocycles. The summed E-state index contributed by atoms with van der Waals surface area (Å²) in [6, 6.07) is 6.26. The summed E-state index contributed by atoms with van der Waals surface area (Å²) < 4.78 is 5.35. The number of carbonyl (C=O) groups is 1. The molecule has 1 aliphatic heterocycles. The molecular formula is C15H21NO2S. The lowest BCUT2D eigenvalue weighted by molar-refractivity contribution is 0.101. The molecule has 1 heterocycles. The third kappa shape index (κ3) is 2.73. The van der Waals surface area contributed by atoms with Crippen LogP contribution in [0.3, 0.4) is 0 Å². The number of hydrogen-bond donors (Lipinski definition) is 0. The topological polar surface area (TPSA) is 29.5 Å². The van der Waals surface area contributed by atoms with Crippen LogP contribution in [0.15, 0.2) is 18.2 Å². The Bertz CT molecular complexity index is 475. The maximum atomic E-state index is 12.0. The molecule has 104 valence electrons. The summed E-state index contributed by atoms with van der Waals surface area (Å²) in [6.45, 7) is 7.05. The maximum Gasteiger partial charge on any atom is 0.165 e. The Morgan fingerprint density at radius 1 is 1.42 bits per heavy atom. The summed E-state index contributed by atoms with van der Waals surface area (Å²) in [5.41, 5.74) is 1.71. The third-order valence-electron chi connectivity index (χ3n) is 3.77. The van der Waals surface area contributed by atoms with Crippen LogP contribution in [0.4, 0.5) is 5.69 Å². The van der Waals surface area contributed by atoms with Crippen molar-refractivity contribution in [1.29, 1.82) is 0 Å². The van der Waals surface area contributed by atoms with Crippen molar-refractivity contribution < 1.29 is 9.53 Å². The highest BCUT2D eigenvalue weighted by molar-refractivity contribution is 8.00. The Kier molecular flexibility index (Phi) is 4.40. The van der Waals surface area contributed by atoms with E-state index in [2.05, 4.69) is 18.7 Å². The summed E-state index contributed by atoms with van der Waals surface area (Å²) in [5, 5.41) is 0.569. The second-order valence-electron chi connectivity index (χ2n) is 4.92. The number of methoxy groups -OCH3 is 1. The molecule has 0 radical (unpaired) electrons. The highest BCUT2D eigenvalue weighted by Crippen LogP contribution is 2.35. The van der Waals surface area contributed by atoms with Crippen molar-refractivity contribution in [1.82, 2.24) is 0 Å². The van der Waals surface area contributed by atoms with Crippen molar-refractivity contribution in [2.24, 2.45) is 0 Å². The van der Waals surface area contributed by atoms with Gasteiger partial charge in [-0.25, -0.2) is 0 Å². The van der Waals surface area contributed by atoms with E-state index in [0.29, 0.717) is 22.6 Å². The van der Waals surface area contributed by atoms with E-state index in [-0.39, 0.29) is 5.78 Å². The van der Waals surface area contributed by atoms with Crippen LogP contribution in [0.5, 0.6) is 5.75 Å². The maximum absolute atomic E-state index is 12.0. The zero-order valence-corrected chi connectivity index (χ0v) is 12.8. The minimum Gasteiger partial charge on any atom is -0.496 e. The lowest BCUT2D eigenvalue weighted by Crippen LogP contribution is -2.45. The normalized spacial score (nSPS) is 23.3. The van der Waals surface area contributed by atoms with Crippen molar-refractivity contribution in [3.05, 3.63) is 23.8 Å². The van der Waals surface area contributed by atoms with Crippen LogP contribution in [-0.4, -0.2) is 36.5 Å². The van der Waals surface area contributed by atoms with Crippen LogP contribution in [-0.2, 0) is 0 Å². The van der Waals surface area contributed by atoms with Gasteiger partial charge in [-0.15, -0.1) is 0 Å². The molecule has 1 aliphatic rings. The smallest absolute Gasteiger partial charge is 0.165 e. The summed E-state index contributed by atoms with van der Waals surface area (Å²) >= 11 is 1.99. The van der Waals surface area contributed by atoms with Gasteiger partial charge in [0.2, 0.25) is 0 Å². The van der Waals surface area contributed by atoms with Gasteiger partial charge in [-0.2, -0.15) is 11.8 Å². The van der Waals surface area contributed by atoms with Crippen LogP contribution in [0, 0.1) is 0 Å². The molecule has 0 N–H and O–H groups in total. The first kappa shape index (κ1) is 14.3. The quantitative estimate of drug-likeness (QED) is 0.795. The second kappa shape index (κ2) is 5.87. The number of ketones is 1. The van der Waals surface area contributed by atoms with E-state index in [4.69, 9.17) is 4.74 Å². The average Bonchev–Trinajstić information content (AvgIpc) is 2.40. The van der Waals surface area contributed by atoms with Gasteiger partial charge in [-0.3, -0.25) is 4.79 Å². The first-order valence-electron chi connectivity index (χ1n) is 6.62. The van der Waals surface area contributed by atoms with Gasteiger partial charge in [-0.1, -0.05) is 13.0 Å². The Balaban J connectivity index is 2.46. The summed E-state index contributed by atoms with van der Waals surface area (Å²) in [5.74, 6) is 1.83. The lowest BCUT2D eigenvalue weighted by atomic mass is 10.0. The number of hydrogen-bond acceptors (Lipinski definition) is 4. The van der Waals surface area contributed by atoms with Crippen molar-refractivity contribution in [3.8, 4) is 5.75 Å². The van der Waals surface area contributed by atoms with Crippen LogP contribution >= 0.6 is 11.8 Å². The number of thioether (sulfide) groups is 1. The highest BCUT2D eigenvalue weighted by Gasteiger charge is 2.28. The molecule has 4 heteroatoms. The molecule has 0 aliphatic carbocycles. The van der Waals surface area contributed by atoms with E-state index in [9.17, 15) is 4.79 Å². The third-order valence-corrected chi connectivity index (χ3v) is 5.11. The average molecular weight is 279 g/mol. The number of ether oxygens (including phenoxy) is 1. The molecule has 2 unspecified atom stereocenters. The number of carbonyl (C=O) groups excluding carboxylic acids is 1. The Morgan fingerprint density at radius 2 is 2.16 bits per heavy atom. The summed E-state index contributed by atoms with van der Waals surface area (Å²) in [7, 11) is 1.61. The molecule has 2 rings (SSSR count). The zero-order valence-electron chi connectivity index (χ0n) is 12.0. The molecule has 0 bridgehead atoms. The van der Waals surface area contributed by atoms with Crippen LogP contribution in [0.25, 0.3) is 0 Å². The van der Waals surface area contributed by atoms with Gasteiger partial charge in [0.05, 0.1) is 18.4 Å². The molecule has 0 aromatic heterocycles. The molecule has 3 nitrogen and oxygen atoms in total. The molecule has 0 amide bonds. The fourth-order valence-electron chi connectivity index (χ4n) is 2.56. The first-order valence-corrected chi connectivity index (χ1v) is 7.67. The SMILES string of the molecule is COc1cccc(N2CCSC(C)C2C)c1C(C)=O. The molecule has 2 atom stereocenters. The minimum atomic E-state index is 0.0607. The summed E-state index contributed by atoms with van der Waals surface area (Å²) in [4.78, 5) is 14.3. The molecule has 19 heavy (non-hydrogen) atoms. The van der Waals surface area contributed by atoms with E-state index in [1.165, 1.54) is 0 Å². The zero-order chi connectivity index (χ0) is 14.0. The number of benzene rings is 1. The minimum absolute atomic E-state index is 0.0607. The van der Waals surface area contributed by atoms with Crippen molar-refractivity contribution in [2.45, 2.75) is 32.1 Å². The van der Waals surface area contributed by atoms with E-state index in [0.717, 1.165) is 18.0 Å². The molecule has 0 spiro atoms. The first-order chi connectivity index (χ1) is 9.06. The van der Waals surface area contributed by atoms with Crippen LogP contribution in [0.1, 0.15) is 31.1 Å². The molecule has 0 saturated carbocycles. The van der Waals surface area contributed by atoms with Gasteiger partial charge < -0.3 is 9.64 Å². The molecule has 1 fully saturated rings. The largest absolute Gasteiger partial charge is 0.496 e. The predicted octanol–water partition coefficient (Wildman–Crippen LogP) is 3.23. The van der Waals surface area contributed by atoms with E-state index in [1.54, 1.807) is 14.0 Å². The van der Waals surface area contributed by atoms with E-state index in [1.807, 2.05) is 30.0 Å². The number of Topliss-reactive ketones (excluding diaryl/α,β-unsaturated/α-hetero) is 1. The Morgan fingerprint density at radius 3 is 2.79 bits per heavy atom. The van der Waals surface area contributed by atoms with E-state index >= 15 is 0 Å². The second-order valence-corrected chi connectivity index (χ2v) is 6.41. The molecule has 1 aromatic carbocycles. The van der Waals surface area contributed by atoms with Gasteiger partial charge >= 0.3 is 0 Å². The standard InChI is InChI=1S/C15H21NO2S/c1-10-12(3)19-9-8-16(10)13-6-5-7-14(18-4)15(13)11(2)17/h5-7,10,12H,8-9H2,1-4H3. The fourth-order valence-corrected chi connectivity index (χ4v) is 3.66. The molecular weight excluding hydrogens is 258 g/mol. The highest BCUT2D eigenvalue weighted by atomic mass is 32.2. The number of rotatable bonds is 3. The van der Waals surface area contributed by atoms with Crippen molar-refractivity contribution in [2.75, 3.05) is 24.3 Å². The summed E-state index contributed by atoms with van der Waals surface area (Å²) in [6.07, 6.45) is 0. The lowest BCUT2D eigenvalue weighted by Gasteiger charge is -2.40. The van der Waals surface area contributed by atoms with Gasteiger partial charge in [-0.05, 0) is 26.0 Å².